The van der Waals surface area contributed by atoms with Crippen LogP contribution in [0.1, 0.15) is 24.1 Å². The van der Waals surface area contributed by atoms with Crippen molar-refractivity contribution in [2.24, 2.45) is 0 Å². The molecule has 1 N–H and O–H groups in total. The van der Waals surface area contributed by atoms with E-state index in [1.54, 1.807) is 30.3 Å². The zero-order valence-electron chi connectivity index (χ0n) is 10.7. The number of aryl methyl sites for hydroxylation is 1. The van der Waals surface area contributed by atoms with Gasteiger partial charge >= 0.3 is 0 Å². The second kappa shape index (κ2) is 5.81. The van der Waals surface area contributed by atoms with E-state index in [2.05, 4.69) is 5.32 Å². The van der Waals surface area contributed by atoms with Crippen LogP contribution in [0.2, 0.25) is 10.0 Å². The fourth-order valence-electron chi connectivity index (χ4n) is 1.91. The molecule has 1 nitrogen and oxygen atoms in total. The Hall–Kier alpha value is -1.25. The number of hydrogen-bond acceptors (Lipinski definition) is 1. The van der Waals surface area contributed by atoms with Crippen LogP contribution in [0.25, 0.3) is 0 Å². The fraction of sp³-hybridized carbons (Fsp3) is 0.200. The molecule has 0 saturated heterocycles. The van der Waals surface area contributed by atoms with Crippen LogP contribution < -0.4 is 5.32 Å². The second-order valence-electron chi connectivity index (χ2n) is 4.52. The Balaban J connectivity index is 2.27. The van der Waals surface area contributed by atoms with Crippen molar-refractivity contribution in [2.45, 2.75) is 19.9 Å². The predicted octanol–water partition coefficient (Wildman–Crippen LogP) is 5.61. The highest BCUT2D eigenvalue weighted by Crippen LogP contribution is 2.29. The van der Waals surface area contributed by atoms with Crippen molar-refractivity contribution in [3.05, 3.63) is 63.4 Å². The first-order chi connectivity index (χ1) is 8.97. The Labute approximate surface area is 122 Å². The Bertz CT molecular complexity index is 599. The molecule has 19 heavy (non-hydrogen) atoms. The average Bonchev–Trinajstić information content (AvgIpc) is 2.36. The van der Waals surface area contributed by atoms with Gasteiger partial charge in [0.05, 0.1) is 11.7 Å². The maximum absolute atomic E-state index is 13.7. The summed E-state index contributed by atoms with van der Waals surface area (Å²) in [5.41, 5.74) is 2.30. The first-order valence-corrected chi connectivity index (χ1v) is 6.70. The van der Waals surface area contributed by atoms with Gasteiger partial charge in [-0.25, -0.2) is 4.39 Å². The van der Waals surface area contributed by atoms with Crippen LogP contribution in [0.3, 0.4) is 0 Å². The lowest BCUT2D eigenvalue weighted by molar-refractivity contribution is 0.627. The van der Waals surface area contributed by atoms with Gasteiger partial charge in [-0.15, -0.1) is 0 Å². The van der Waals surface area contributed by atoms with Crippen molar-refractivity contribution in [2.75, 3.05) is 5.32 Å². The molecule has 0 aliphatic carbocycles. The van der Waals surface area contributed by atoms with Gasteiger partial charge in [0.25, 0.3) is 0 Å². The van der Waals surface area contributed by atoms with E-state index < -0.39 is 0 Å². The molecule has 0 heterocycles. The van der Waals surface area contributed by atoms with Gasteiger partial charge in [0.15, 0.2) is 0 Å². The molecule has 0 amide bonds. The molecule has 0 aliphatic heterocycles. The van der Waals surface area contributed by atoms with Crippen LogP contribution >= 0.6 is 23.2 Å². The molecule has 0 bridgehead atoms. The molecule has 2 aromatic rings. The van der Waals surface area contributed by atoms with Crippen LogP contribution in [0, 0.1) is 12.7 Å². The highest BCUT2D eigenvalue weighted by molar-refractivity contribution is 6.33. The Morgan fingerprint density at radius 2 is 1.84 bits per heavy atom. The standard InChI is InChI=1S/C15H14Cl2FN/c1-9-3-6-14(18)15(7-9)19-10(2)12-8-11(16)4-5-13(12)17/h3-8,10,19H,1-2H3. The van der Waals surface area contributed by atoms with E-state index in [0.717, 1.165) is 11.1 Å². The first-order valence-electron chi connectivity index (χ1n) is 5.95. The van der Waals surface area contributed by atoms with Crippen molar-refractivity contribution in [1.82, 2.24) is 0 Å². The molecule has 0 aromatic heterocycles. The molecule has 2 rings (SSSR count). The Kier molecular flexibility index (Phi) is 4.33. The molecule has 0 fully saturated rings. The summed E-state index contributed by atoms with van der Waals surface area (Å²) in [6, 6.07) is 10.1. The van der Waals surface area contributed by atoms with Crippen molar-refractivity contribution in [3.63, 3.8) is 0 Å². The van der Waals surface area contributed by atoms with Crippen LogP contribution in [0.15, 0.2) is 36.4 Å². The van der Waals surface area contributed by atoms with Gasteiger partial charge in [0.2, 0.25) is 0 Å². The minimum atomic E-state index is -0.282. The number of halogens is 3. The lowest BCUT2D eigenvalue weighted by Gasteiger charge is -2.18. The minimum Gasteiger partial charge on any atom is -0.376 e. The highest BCUT2D eigenvalue weighted by atomic mass is 35.5. The quantitative estimate of drug-likeness (QED) is 0.776. The summed E-state index contributed by atoms with van der Waals surface area (Å²) < 4.78 is 13.7. The Morgan fingerprint density at radius 3 is 2.58 bits per heavy atom. The molecule has 4 heteroatoms. The van der Waals surface area contributed by atoms with E-state index in [0.29, 0.717) is 15.7 Å². The van der Waals surface area contributed by atoms with Gasteiger partial charge in [-0.1, -0.05) is 29.3 Å². The molecule has 0 radical (unpaired) electrons. The van der Waals surface area contributed by atoms with Crippen LogP contribution in [0.4, 0.5) is 10.1 Å². The minimum absolute atomic E-state index is 0.137. The van der Waals surface area contributed by atoms with E-state index in [1.165, 1.54) is 6.07 Å². The third-order valence-corrected chi connectivity index (χ3v) is 3.50. The molecule has 2 aromatic carbocycles. The topological polar surface area (TPSA) is 12.0 Å². The smallest absolute Gasteiger partial charge is 0.146 e. The fourth-order valence-corrected chi connectivity index (χ4v) is 2.37. The summed E-state index contributed by atoms with van der Waals surface area (Å²) in [7, 11) is 0. The number of anilines is 1. The van der Waals surface area contributed by atoms with Crippen molar-refractivity contribution in [1.29, 1.82) is 0 Å². The van der Waals surface area contributed by atoms with Gasteiger partial charge in [-0.2, -0.15) is 0 Å². The van der Waals surface area contributed by atoms with E-state index in [4.69, 9.17) is 23.2 Å². The molecular formula is C15H14Cl2FN. The summed E-state index contributed by atoms with van der Waals surface area (Å²) in [4.78, 5) is 0. The summed E-state index contributed by atoms with van der Waals surface area (Å²) in [6.45, 7) is 3.83. The number of benzene rings is 2. The highest BCUT2D eigenvalue weighted by Gasteiger charge is 2.12. The van der Waals surface area contributed by atoms with Crippen LogP contribution in [-0.4, -0.2) is 0 Å². The van der Waals surface area contributed by atoms with Gasteiger partial charge in [-0.3, -0.25) is 0 Å². The first kappa shape index (κ1) is 14.2. The van der Waals surface area contributed by atoms with E-state index in [1.807, 2.05) is 13.8 Å². The summed E-state index contributed by atoms with van der Waals surface area (Å²) >= 11 is 12.1. The summed E-state index contributed by atoms with van der Waals surface area (Å²) in [5.74, 6) is -0.282. The SMILES string of the molecule is Cc1ccc(F)c(NC(C)c2cc(Cl)ccc2Cl)c1. The van der Waals surface area contributed by atoms with Gasteiger partial charge in [-0.05, 0) is 55.3 Å². The monoisotopic (exact) mass is 297 g/mol. The van der Waals surface area contributed by atoms with Crippen molar-refractivity contribution in [3.8, 4) is 0 Å². The van der Waals surface area contributed by atoms with E-state index in [-0.39, 0.29) is 11.9 Å². The zero-order chi connectivity index (χ0) is 14.0. The molecule has 0 spiro atoms. The number of rotatable bonds is 3. The summed E-state index contributed by atoms with van der Waals surface area (Å²) in [5, 5.41) is 4.34. The third-order valence-electron chi connectivity index (χ3n) is 2.92. The molecule has 1 unspecified atom stereocenters. The van der Waals surface area contributed by atoms with Crippen LogP contribution in [0.5, 0.6) is 0 Å². The normalized spacial score (nSPS) is 12.3. The molecule has 100 valence electrons. The maximum Gasteiger partial charge on any atom is 0.146 e. The molecule has 0 saturated carbocycles. The third kappa shape index (κ3) is 3.40. The molecule has 1 atom stereocenters. The number of nitrogens with one attached hydrogen (secondary N) is 1. The zero-order valence-corrected chi connectivity index (χ0v) is 12.2. The van der Waals surface area contributed by atoms with Gasteiger partial charge in [0.1, 0.15) is 5.82 Å². The summed E-state index contributed by atoms with van der Waals surface area (Å²) in [6.07, 6.45) is 0. The second-order valence-corrected chi connectivity index (χ2v) is 5.36. The van der Waals surface area contributed by atoms with Crippen molar-refractivity contribution < 1.29 is 4.39 Å². The Morgan fingerprint density at radius 1 is 1.11 bits per heavy atom. The lowest BCUT2D eigenvalue weighted by atomic mass is 10.1. The van der Waals surface area contributed by atoms with Crippen LogP contribution in [-0.2, 0) is 0 Å². The lowest BCUT2D eigenvalue weighted by Crippen LogP contribution is -2.08. The largest absolute Gasteiger partial charge is 0.376 e. The van der Waals surface area contributed by atoms with E-state index in [9.17, 15) is 4.39 Å². The molecular weight excluding hydrogens is 284 g/mol. The van der Waals surface area contributed by atoms with E-state index >= 15 is 0 Å². The van der Waals surface area contributed by atoms with Gasteiger partial charge in [0, 0.05) is 10.0 Å². The van der Waals surface area contributed by atoms with Gasteiger partial charge < -0.3 is 5.32 Å². The average molecular weight is 298 g/mol. The maximum atomic E-state index is 13.7. The molecule has 0 aliphatic rings. The predicted molar refractivity (Wildman–Crippen MR) is 79.6 cm³/mol. The number of hydrogen-bond donors (Lipinski definition) is 1. The van der Waals surface area contributed by atoms with Crippen molar-refractivity contribution >= 4 is 28.9 Å².